The van der Waals surface area contributed by atoms with Crippen LogP contribution in [0.1, 0.15) is 40.0 Å². The van der Waals surface area contributed by atoms with Crippen molar-refractivity contribution in [2.75, 3.05) is 13.2 Å². The molecule has 8 nitrogen and oxygen atoms in total. The van der Waals surface area contributed by atoms with E-state index in [9.17, 15) is 30.3 Å². The van der Waals surface area contributed by atoms with Crippen molar-refractivity contribution in [3.05, 3.63) is 22.8 Å². The van der Waals surface area contributed by atoms with Gasteiger partial charge < -0.3 is 35.0 Å². The van der Waals surface area contributed by atoms with Crippen molar-refractivity contribution < 1.29 is 39.8 Å². The number of ether oxygens (including phenoxy) is 2. The predicted molar refractivity (Wildman–Crippen MR) is 103 cm³/mol. The van der Waals surface area contributed by atoms with Crippen LogP contribution in [-0.4, -0.2) is 81.3 Å². The van der Waals surface area contributed by atoms with Crippen LogP contribution in [0.2, 0.25) is 0 Å². The highest BCUT2D eigenvalue weighted by molar-refractivity contribution is 6.06. The van der Waals surface area contributed by atoms with Gasteiger partial charge in [-0.25, -0.2) is 0 Å². The molecular weight excluding hydrogens is 380 g/mol. The standard InChI is InChI=1S/C21H32O8/c1-10(9-28-20-19(27)18(26)17(25)16(8-22)29-20)13-7-21(3)11(2)14(23)5-4-12(21)6-15(13)24/h6,11,14,16-20,22-23,25-27H,4-5,7-9H2,1-3H3. The summed E-state index contributed by atoms with van der Waals surface area (Å²) < 4.78 is 10.9. The summed E-state index contributed by atoms with van der Waals surface area (Å²) >= 11 is 0. The third-order valence-corrected chi connectivity index (χ3v) is 7.00. The van der Waals surface area contributed by atoms with E-state index in [0.29, 0.717) is 30.4 Å². The van der Waals surface area contributed by atoms with Gasteiger partial charge in [0.2, 0.25) is 0 Å². The fourth-order valence-electron chi connectivity index (χ4n) is 4.63. The monoisotopic (exact) mass is 412 g/mol. The highest BCUT2D eigenvalue weighted by Crippen LogP contribution is 2.51. The molecule has 8 heteroatoms. The number of rotatable bonds is 4. The predicted octanol–water partition coefficient (Wildman–Crippen LogP) is -0.184. The Balaban J connectivity index is 1.75. The number of hydrogen-bond acceptors (Lipinski definition) is 8. The highest BCUT2D eigenvalue weighted by Gasteiger charge is 2.46. The van der Waals surface area contributed by atoms with Gasteiger partial charge in [-0.05, 0) is 49.2 Å². The van der Waals surface area contributed by atoms with E-state index in [0.717, 1.165) is 5.57 Å². The van der Waals surface area contributed by atoms with E-state index in [4.69, 9.17) is 9.47 Å². The molecule has 164 valence electrons. The van der Waals surface area contributed by atoms with Gasteiger partial charge in [-0.3, -0.25) is 4.79 Å². The van der Waals surface area contributed by atoms with Crippen molar-refractivity contribution in [2.45, 2.75) is 76.8 Å². The maximum absolute atomic E-state index is 12.7. The van der Waals surface area contributed by atoms with Crippen LogP contribution in [-0.2, 0) is 14.3 Å². The van der Waals surface area contributed by atoms with Gasteiger partial charge in [0.1, 0.15) is 24.4 Å². The Bertz CT molecular complexity index is 699. The lowest BCUT2D eigenvalue weighted by molar-refractivity contribution is -0.299. The molecule has 2 fully saturated rings. The molecule has 2 aliphatic carbocycles. The summed E-state index contributed by atoms with van der Waals surface area (Å²) in [4.78, 5) is 12.7. The minimum absolute atomic E-state index is 0.0139. The molecule has 1 heterocycles. The Labute approximate surface area is 170 Å². The summed E-state index contributed by atoms with van der Waals surface area (Å²) in [5.74, 6) is -0.0549. The second kappa shape index (κ2) is 8.55. The first kappa shape index (κ1) is 22.6. The fourth-order valence-corrected chi connectivity index (χ4v) is 4.63. The zero-order valence-corrected chi connectivity index (χ0v) is 17.1. The Morgan fingerprint density at radius 1 is 1.24 bits per heavy atom. The summed E-state index contributed by atoms with van der Waals surface area (Å²) in [5, 5.41) is 49.4. The molecule has 3 rings (SSSR count). The van der Waals surface area contributed by atoms with Crippen molar-refractivity contribution in [2.24, 2.45) is 11.3 Å². The van der Waals surface area contributed by atoms with Crippen molar-refractivity contribution in [1.82, 2.24) is 0 Å². The van der Waals surface area contributed by atoms with Gasteiger partial charge in [-0.15, -0.1) is 0 Å². The molecule has 3 aliphatic rings. The maximum atomic E-state index is 12.7. The average Bonchev–Trinajstić information content (AvgIpc) is 2.70. The number of ketones is 1. The lowest BCUT2D eigenvalue weighted by atomic mass is 9.58. The maximum Gasteiger partial charge on any atom is 0.187 e. The Kier molecular flexibility index (Phi) is 6.65. The molecule has 29 heavy (non-hydrogen) atoms. The number of aliphatic hydroxyl groups is 5. The number of hydrogen-bond donors (Lipinski definition) is 5. The van der Waals surface area contributed by atoms with Crippen LogP contribution in [0.15, 0.2) is 22.8 Å². The molecule has 1 saturated carbocycles. The summed E-state index contributed by atoms with van der Waals surface area (Å²) in [6.45, 7) is 5.30. The molecule has 8 unspecified atom stereocenters. The van der Waals surface area contributed by atoms with Gasteiger partial charge in [0, 0.05) is 5.57 Å². The molecule has 0 aromatic carbocycles. The van der Waals surface area contributed by atoms with Crippen molar-refractivity contribution in [3.8, 4) is 0 Å². The number of fused-ring (bicyclic) bond motifs is 1. The van der Waals surface area contributed by atoms with E-state index in [-0.39, 0.29) is 23.7 Å². The molecule has 0 radical (unpaired) electrons. The highest BCUT2D eigenvalue weighted by atomic mass is 16.7. The number of aliphatic hydroxyl groups excluding tert-OH is 5. The number of carbonyl (C=O) groups is 1. The van der Waals surface area contributed by atoms with Crippen molar-refractivity contribution in [3.63, 3.8) is 0 Å². The van der Waals surface area contributed by atoms with Crippen LogP contribution in [0.25, 0.3) is 0 Å². The van der Waals surface area contributed by atoms with Crippen LogP contribution in [0.5, 0.6) is 0 Å². The molecule has 0 amide bonds. The third kappa shape index (κ3) is 4.07. The van der Waals surface area contributed by atoms with Crippen LogP contribution < -0.4 is 0 Å². The third-order valence-electron chi connectivity index (χ3n) is 7.00. The van der Waals surface area contributed by atoms with E-state index in [1.807, 2.05) is 6.92 Å². The quantitative estimate of drug-likeness (QED) is 0.401. The van der Waals surface area contributed by atoms with Crippen LogP contribution >= 0.6 is 0 Å². The summed E-state index contributed by atoms with van der Waals surface area (Å²) in [5.41, 5.74) is 2.06. The molecule has 0 spiro atoms. The molecule has 0 bridgehead atoms. The van der Waals surface area contributed by atoms with Gasteiger partial charge >= 0.3 is 0 Å². The summed E-state index contributed by atoms with van der Waals surface area (Å²) in [6, 6.07) is 0. The molecule has 1 saturated heterocycles. The van der Waals surface area contributed by atoms with Crippen molar-refractivity contribution in [1.29, 1.82) is 0 Å². The van der Waals surface area contributed by atoms with E-state index < -0.39 is 43.4 Å². The second-order valence-corrected chi connectivity index (χ2v) is 8.79. The summed E-state index contributed by atoms with van der Waals surface area (Å²) in [7, 11) is 0. The van der Waals surface area contributed by atoms with Gasteiger partial charge in [-0.1, -0.05) is 19.4 Å². The Morgan fingerprint density at radius 3 is 2.59 bits per heavy atom. The molecule has 0 aromatic rings. The van der Waals surface area contributed by atoms with E-state index in [1.54, 1.807) is 13.0 Å². The molecule has 1 aliphatic heterocycles. The second-order valence-electron chi connectivity index (χ2n) is 8.79. The smallest absolute Gasteiger partial charge is 0.187 e. The fraction of sp³-hybridized carbons (Fsp3) is 0.762. The first-order valence-electron chi connectivity index (χ1n) is 10.1. The number of allylic oxidation sites excluding steroid dienone is 3. The zero-order chi connectivity index (χ0) is 21.5. The first-order chi connectivity index (χ1) is 13.6. The van der Waals surface area contributed by atoms with Crippen LogP contribution in [0.4, 0.5) is 0 Å². The Hall–Kier alpha value is -1.13. The SMILES string of the molecule is CC(COC1OC(CO)C(O)C(O)C1O)=C1CC2(C)C(=CC1=O)CCC(O)C2C. The first-order valence-corrected chi connectivity index (χ1v) is 10.1. The zero-order valence-electron chi connectivity index (χ0n) is 17.1. The molecule has 0 aromatic heterocycles. The minimum atomic E-state index is -1.51. The molecule has 8 atom stereocenters. The normalized spacial score (nSPS) is 44.9. The summed E-state index contributed by atoms with van der Waals surface area (Å²) in [6.07, 6.45) is -3.58. The lowest BCUT2D eigenvalue weighted by Crippen LogP contribution is -2.59. The lowest BCUT2D eigenvalue weighted by Gasteiger charge is -2.47. The topological polar surface area (TPSA) is 137 Å². The van der Waals surface area contributed by atoms with Gasteiger partial charge in [0.25, 0.3) is 0 Å². The van der Waals surface area contributed by atoms with E-state index in [2.05, 4.69) is 6.92 Å². The minimum Gasteiger partial charge on any atom is -0.394 e. The number of carbonyl (C=O) groups excluding carboxylic acids is 1. The van der Waals surface area contributed by atoms with Crippen LogP contribution in [0.3, 0.4) is 0 Å². The van der Waals surface area contributed by atoms with E-state index >= 15 is 0 Å². The van der Waals surface area contributed by atoms with Gasteiger partial charge in [0.15, 0.2) is 12.1 Å². The van der Waals surface area contributed by atoms with Gasteiger partial charge in [0.05, 0.1) is 19.3 Å². The van der Waals surface area contributed by atoms with Crippen LogP contribution in [0, 0.1) is 11.3 Å². The Morgan fingerprint density at radius 2 is 1.93 bits per heavy atom. The average molecular weight is 412 g/mol. The molecule has 5 N–H and O–H groups in total. The van der Waals surface area contributed by atoms with Crippen molar-refractivity contribution >= 4 is 5.78 Å². The van der Waals surface area contributed by atoms with E-state index in [1.165, 1.54) is 0 Å². The van der Waals surface area contributed by atoms with Gasteiger partial charge in [-0.2, -0.15) is 0 Å². The molecular formula is C21H32O8. The largest absolute Gasteiger partial charge is 0.394 e.